The summed E-state index contributed by atoms with van der Waals surface area (Å²) in [6, 6.07) is 6.46. The lowest BCUT2D eigenvalue weighted by molar-refractivity contribution is -0.384. The van der Waals surface area contributed by atoms with E-state index in [9.17, 15) is 28.1 Å². The molecule has 1 amide bonds. The number of carbonyl (C=O) groups is 1. The van der Waals surface area contributed by atoms with Crippen LogP contribution in [0.15, 0.2) is 36.5 Å². The number of alkyl halides is 3. The topological polar surface area (TPSA) is 97.6 Å². The maximum absolute atomic E-state index is 12.8. The van der Waals surface area contributed by atoms with E-state index >= 15 is 0 Å². The molecule has 1 saturated heterocycles. The summed E-state index contributed by atoms with van der Waals surface area (Å²) >= 11 is 0. The van der Waals surface area contributed by atoms with E-state index in [1.165, 1.54) is 18.2 Å². The maximum Gasteiger partial charge on any atom is 0.433 e. The number of benzene rings is 1. The van der Waals surface area contributed by atoms with Crippen LogP contribution in [0.5, 0.6) is 0 Å². The quantitative estimate of drug-likeness (QED) is 0.469. The molecule has 0 spiro atoms. The minimum atomic E-state index is -4.56. The summed E-state index contributed by atoms with van der Waals surface area (Å²) in [5, 5.41) is 14.3. The smallest absolute Gasteiger partial charge is 0.433 e. The summed E-state index contributed by atoms with van der Waals surface area (Å²) in [6.07, 6.45) is -2.39. The average Bonchev–Trinajstić information content (AvgIpc) is 2.72. The van der Waals surface area contributed by atoms with Gasteiger partial charge >= 0.3 is 12.3 Å². The molecule has 2 aromatic rings. The van der Waals surface area contributed by atoms with Crippen LogP contribution in [-0.2, 0) is 17.5 Å². The molecular formula is C23H27F3N4O4. The molecule has 0 aliphatic carbocycles. The number of aromatic nitrogens is 1. The number of hydrogen-bond donors (Lipinski definition) is 1. The zero-order valence-corrected chi connectivity index (χ0v) is 19.2. The summed E-state index contributed by atoms with van der Waals surface area (Å²) in [7, 11) is 0. The number of pyridine rings is 1. The van der Waals surface area contributed by atoms with Crippen molar-refractivity contribution in [3.05, 3.63) is 57.9 Å². The lowest BCUT2D eigenvalue weighted by Crippen LogP contribution is -2.48. The monoisotopic (exact) mass is 480 g/mol. The first kappa shape index (κ1) is 25.4. The zero-order chi connectivity index (χ0) is 25.1. The van der Waals surface area contributed by atoms with Crippen molar-refractivity contribution in [3.8, 4) is 11.1 Å². The molecule has 0 bridgehead atoms. The van der Waals surface area contributed by atoms with Crippen LogP contribution in [0.25, 0.3) is 11.1 Å². The Bertz CT molecular complexity index is 1040. The summed E-state index contributed by atoms with van der Waals surface area (Å²) in [6.45, 7) is 7.02. The Morgan fingerprint density at radius 3 is 2.56 bits per heavy atom. The summed E-state index contributed by atoms with van der Waals surface area (Å²) in [4.78, 5) is 28.6. The van der Waals surface area contributed by atoms with Gasteiger partial charge in [0.2, 0.25) is 0 Å². The van der Waals surface area contributed by atoms with E-state index < -0.39 is 28.5 Å². The number of rotatable bonds is 5. The molecule has 184 valence electrons. The van der Waals surface area contributed by atoms with E-state index in [1.807, 2.05) is 0 Å². The molecule has 1 N–H and O–H groups in total. The standard InChI is InChI=1S/C23H27F3N4O4/c1-22(2,3)34-21(31)28-18-5-4-8-29(14-18)13-15-9-17(11-19(10-15)30(32)33)16-6-7-20(27-12-16)23(24,25)26/h6-7,9-12,18H,4-5,8,13-14H2,1-3H3,(H,28,31)/t18-/m0/s1. The normalized spacial score (nSPS) is 17.3. The number of ether oxygens (including phenoxy) is 1. The van der Waals surface area contributed by atoms with Crippen molar-refractivity contribution in [3.63, 3.8) is 0 Å². The Hall–Kier alpha value is -3.21. The van der Waals surface area contributed by atoms with Gasteiger partial charge in [-0.05, 0) is 63.4 Å². The first-order valence-electron chi connectivity index (χ1n) is 10.8. The second-order valence-corrected chi connectivity index (χ2v) is 9.30. The van der Waals surface area contributed by atoms with Crippen LogP contribution < -0.4 is 5.32 Å². The fourth-order valence-electron chi connectivity index (χ4n) is 3.82. The van der Waals surface area contributed by atoms with Crippen LogP contribution in [0, 0.1) is 10.1 Å². The second-order valence-electron chi connectivity index (χ2n) is 9.30. The first-order valence-corrected chi connectivity index (χ1v) is 10.8. The number of amides is 1. The maximum atomic E-state index is 12.8. The Balaban J connectivity index is 1.76. The van der Waals surface area contributed by atoms with E-state index in [0.29, 0.717) is 29.8 Å². The van der Waals surface area contributed by atoms with Gasteiger partial charge in [0.1, 0.15) is 11.3 Å². The summed E-state index contributed by atoms with van der Waals surface area (Å²) < 4.78 is 43.8. The van der Waals surface area contributed by atoms with E-state index in [-0.39, 0.29) is 11.7 Å². The first-order chi connectivity index (χ1) is 15.8. The van der Waals surface area contributed by atoms with Crippen molar-refractivity contribution in [1.82, 2.24) is 15.2 Å². The highest BCUT2D eigenvalue weighted by molar-refractivity contribution is 5.68. The number of hydrogen-bond acceptors (Lipinski definition) is 6. The Kier molecular flexibility index (Phi) is 7.44. The van der Waals surface area contributed by atoms with Crippen LogP contribution in [0.3, 0.4) is 0 Å². The van der Waals surface area contributed by atoms with Gasteiger partial charge in [0.15, 0.2) is 0 Å². The van der Waals surface area contributed by atoms with E-state index in [2.05, 4.69) is 15.2 Å². The van der Waals surface area contributed by atoms with Gasteiger partial charge in [-0.1, -0.05) is 6.07 Å². The number of nitrogens with one attached hydrogen (secondary N) is 1. The SMILES string of the molecule is CC(C)(C)OC(=O)N[C@H]1CCCN(Cc2cc(-c3ccc(C(F)(F)F)nc3)cc([N+](=O)[O-])c2)C1. The van der Waals surface area contributed by atoms with Crippen LogP contribution >= 0.6 is 0 Å². The van der Waals surface area contributed by atoms with Crippen molar-refractivity contribution in [2.45, 2.75) is 58.0 Å². The Labute approximate surface area is 195 Å². The predicted octanol–water partition coefficient (Wildman–Crippen LogP) is 5.16. The third kappa shape index (κ3) is 7.14. The molecule has 8 nitrogen and oxygen atoms in total. The van der Waals surface area contributed by atoms with Gasteiger partial charge in [0, 0.05) is 43.0 Å². The van der Waals surface area contributed by atoms with Crippen molar-refractivity contribution in [2.24, 2.45) is 0 Å². The number of halogens is 3. The molecule has 1 fully saturated rings. The highest BCUT2D eigenvalue weighted by Crippen LogP contribution is 2.31. The van der Waals surface area contributed by atoms with E-state index in [1.54, 1.807) is 26.8 Å². The molecule has 34 heavy (non-hydrogen) atoms. The number of non-ortho nitro benzene ring substituents is 1. The molecule has 1 aliphatic rings. The van der Waals surface area contributed by atoms with Gasteiger partial charge in [0.25, 0.3) is 5.69 Å². The minimum absolute atomic E-state index is 0.124. The molecule has 1 aliphatic heterocycles. The van der Waals surface area contributed by atoms with Crippen molar-refractivity contribution >= 4 is 11.8 Å². The van der Waals surface area contributed by atoms with Gasteiger partial charge in [-0.3, -0.25) is 20.0 Å². The third-order valence-corrected chi connectivity index (χ3v) is 5.21. The van der Waals surface area contributed by atoms with Crippen molar-refractivity contribution < 1.29 is 27.6 Å². The largest absolute Gasteiger partial charge is 0.444 e. The van der Waals surface area contributed by atoms with Crippen molar-refractivity contribution in [1.29, 1.82) is 0 Å². The molecule has 2 heterocycles. The number of piperidine rings is 1. The van der Waals surface area contributed by atoms with Crippen LogP contribution in [-0.4, -0.2) is 45.6 Å². The molecule has 11 heteroatoms. The zero-order valence-electron chi connectivity index (χ0n) is 19.2. The van der Waals surface area contributed by atoms with Crippen LogP contribution in [0.1, 0.15) is 44.9 Å². The third-order valence-electron chi connectivity index (χ3n) is 5.21. The van der Waals surface area contributed by atoms with Crippen molar-refractivity contribution in [2.75, 3.05) is 13.1 Å². The molecule has 1 aromatic carbocycles. The number of carbonyl (C=O) groups excluding carboxylic acids is 1. The summed E-state index contributed by atoms with van der Waals surface area (Å²) in [5.41, 5.74) is -0.397. The van der Waals surface area contributed by atoms with E-state index in [4.69, 9.17) is 4.74 Å². The molecule has 3 rings (SSSR count). The van der Waals surface area contributed by atoms with Crippen LogP contribution in [0.4, 0.5) is 23.7 Å². The Morgan fingerprint density at radius 1 is 1.24 bits per heavy atom. The highest BCUT2D eigenvalue weighted by atomic mass is 19.4. The van der Waals surface area contributed by atoms with Gasteiger partial charge in [0.05, 0.1) is 4.92 Å². The molecule has 1 aromatic heterocycles. The molecule has 0 unspecified atom stereocenters. The lowest BCUT2D eigenvalue weighted by atomic mass is 10.0. The van der Waals surface area contributed by atoms with E-state index in [0.717, 1.165) is 31.6 Å². The molecule has 1 atom stereocenters. The highest BCUT2D eigenvalue weighted by Gasteiger charge is 2.32. The van der Waals surface area contributed by atoms with Gasteiger partial charge < -0.3 is 10.1 Å². The fraction of sp³-hybridized carbons (Fsp3) is 0.478. The second kappa shape index (κ2) is 9.96. The summed E-state index contributed by atoms with van der Waals surface area (Å²) in [5.74, 6) is 0. The molecular weight excluding hydrogens is 453 g/mol. The number of nitro benzene ring substituents is 1. The fourth-order valence-corrected chi connectivity index (χ4v) is 3.82. The van der Waals surface area contributed by atoms with Gasteiger partial charge in [-0.25, -0.2) is 4.79 Å². The average molecular weight is 480 g/mol. The number of alkyl carbamates (subject to hydrolysis) is 1. The molecule has 0 saturated carbocycles. The molecule has 0 radical (unpaired) electrons. The lowest BCUT2D eigenvalue weighted by Gasteiger charge is -2.33. The van der Waals surface area contributed by atoms with Crippen LogP contribution in [0.2, 0.25) is 0 Å². The minimum Gasteiger partial charge on any atom is -0.444 e. The number of likely N-dealkylation sites (tertiary alicyclic amines) is 1. The van der Waals surface area contributed by atoms with Gasteiger partial charge in [-0.2, -0.15) is 13.2 Å². The number of nitrogens with zero attached hydrogens (tertiary/aromatic N) is 3. The Morgan fingerprint density at radius 2 is 1.97 bits per heavy atom. The number of nitro groups is 1. The predicted molar refractivity (Wildman–Crippen MR) is 119 cm³/mol. The van der Waals surface area contributed by atoms with Gasteiger partial charge in [-0.15, -0.1) is 0 Å².